The third kappa shape index (κ3) is 4.40. The molecule has 2 amide bonds. The van der Waals surface area contributed by atoms with E-state index in [1.807, 2.05) is 0 Å². The van der Waals surface area contributed by atoms with E-state index in [4.69, 9.17) is 22.4 Å². The van der Waals surface area contributed by atoms with Gasteiger partial charge in [0.25, 0.3) is 5.91 Å². The molecule has 0 saturated carbocycles. The van der Waals surface area contributed by atoms with Crippen LogP contribution in [0.1, 0.15) is 22.8 Å². The van der Waals surface area contributed by atoms with E-state index in [1.54, 1.807) is 0 Å². The molecule has 0 heterocycles. The number of amides is 2. The van der Waals surface area contributed by atoms with Gasteiger partial charge in [-0.3, -0.25) is 9.59 Å². The van der Waals surface area contributed by atoms with Gasteiger partial charge in [0, 0.05) is 16.7 Å². The van der Waals surface area contributed by atoms with Crippen molar-refractivity contribution in [3.05, 3.63) is 40.4 Å². The Kier molecular flexibility index (Phi) is 5.28. The molecule has 0 aliphatic rings. The number of carbonyl (C=O) groups excluding carboxylic acids is 2. The summed E-state index contributed by atoms with van der Waals surface area (Å²) in [6.07, 6.45) is 2.26. The van der Waals surface area contributed by atoms with Gasteiger partial charge in [0.2, 0.25) is 5.91 Å². The van der Waals surface area contributed by atoms with Crippen molar-refractivity contribution in [2.45, 2.75) is 13.0 Å². The maximum absolute atomic E-state index is 11.8. The average molecular weight is 297 g/mol. The van der Waals surface area contributed by atoms with Crippen LogP contribution in [-0.4, -0.2) is 28.9 Å². The Labute approximate surface area is 120 Å². The molecule has 1 unspecified atom stereocenters. The molecule has 0 radical (unpaired) electrons. The lowest BCUT2D eigenvalue weighted by Gasteiger charge is -2.10. The molecule has 4 N–H and O–H groups in total. The highest BCUT2D eigenvalue weighted by Gasteiger charge is 2.14. The van der Waals surface area contributed by atoms with Crippen molar-refractivity contribution in [2.75, 3.05) is 0 Å². The van der Waals surface area contributed by atoms with E-state index in [9.17, 15) is 14.4 Å². The number of hydrogen-bond donors (Lipinski definition) is 3. The fraction of sp³-hybridized carbons (Fsp3) is 0.154. The summed E-state index contributed by atoms with van der Waals surface area (Å²) in [6, 6.07) is 3.56. The Morgan fingerprint density at radius 3 is 2.55 bits per heavy atom. The number of rotatable bonds is 5. The van der Waals surface area contributed by atoms with Gasteiger partial charge in [0.1, 0.15) is 6.04 Å². The molecule has 7 heteroatoms. The number of carboxylic acid groups (broad SMARTS) is 1. The van der Waals surface area contributed by atoms with Gasteiger partial charge >= 0.3 is 5.97 Å². The number of benzene rings is 1. The third-order valence-electron chi connectivity index (χ3n) is 2.44. The van der Waals surface area contributed by atoms with Gasteiger partial charge < -0.3 is 16.2 Å². The highest BCUT2D eigenvalue weighted by Crippen LogP contribution is 2.19. The van der Waals surface area contributed by atoms with Crippen LogP contribution in [0.15, 0.2) is 24.3 Å². The van der Waals surface area contributed by atoms with E-state index >= 15 is 0 Å². The molecule has 0 aliphatic heterocycles. The number of nitrogens with one attached hydrogen (secondary N) is 1. The highest BCUT2D eigenvalue weighted by molar-refractivity contribution is 6.32. The van der Waals surface area contributed by atoms with Crippen LogP contribution in [0.2, 0.25) is 5.02 Å². The van der Waals surface area contributed by atoms with Crippen molar-refractivity contribution in [1.29, 1.82) is 0 Å². The summed E-state index contributed by atoms with van der Waals surface area (Å²) in [4.78, 5) is 33.1. The number of aliphatic carboxylic acids is 1. The second kappa shape index (κ2) is 6.72. The molecule has 0 aromatic heterocycles. The first-order valence-electron chi connectivity index (χ1n) is 5.62. The van der Waals surface area contributed by atoms with Gasteiger partial charge in [-0.1, -0.05) is 17.7 Å². The van der Waals surface area contributed by atoms with E-state index in [1.165, 1.54) is 31.2 Å². The normalized spacial score (nSPS) is 12.1. The van der Waals surface area contributed by atoms with Crippen LogP contribution >= 0.6 is 11.6 Å². The van der Waals surface area contributed by atoms with E-state index in [2.05, 4.69) is 5.32 Å². The zero-order valence-electron chi connectivity index (χ0n) is 10.6. The summed E-state index contributed by atoms with van der Waals surface area (Å²) in [6.45, 7) is 1.46. The minimum absolute atomic E-state index is 0.224. The number of carboxylic acids is 1. The highest BCUT2D eigenvalue weighted by atomic mass is 35.5. The van der Waals surface area contributed by atoms with Gasteiger partial charge in [-0.15, -0.1) is 0 Å². The predicted octanol–water partition coefficient (Wildman–Crippen LogP) is 1.04. The molecular weight excluding hydrogens is 284 g/mol. The van der Waals surface area contributed by atoms with E-state index in [0.29, 0.717) is 5.56 Å². The monoisotopic (exact) mass is 296 g/mol. The molecule has 0 saturated heterocycles. The van der Waals surface area contributed by atoms with Gasteiger partial charge in [-0.25, -0.2) is 4.79 Å². The van der Waals surface area contributed by atoms with Crippen LogP contribution in [0.25, 0.3) is 6.08 Å². The predicted molar refractivity (Wildman–Crippen MR) is 74.2 cm³/mol. The van der Waals surface area contributed by atoms with E-state index in [0.717, 1.165) is 6.08 Å². The molecule has 0 aliphatic carbocycles. The summed E-state index contributed by atoms with van der Waals surface area (Å²) in [5.41, 5.74) is 5.75. The maximum Gasteiger partial charge on any atom is 0.328 e. The lowest BCUT2D eigenvalue weighted by molar-refractivity contribution is -0.131. The lowest BCUT2D eigenvalue weighted by Crippen LogP contribution is -2.42. The van der Waals surface area contributed by atoms with Crippen molar-refractivity contribution >= 4 is 35.5 Å². The molecule has 20 heavy (non-hydrogen) atoms. The second-order valence-electron chi connectivity index (χ2n) is 4.01. The number of halogens is 1. The van der Waals surface area contributed by atoms with Gasteiger partial charge in [-0.2, -0.15) is 0 Å². The summed E-state index contributed by atoms with van der Waals surface area (Å²) in [5, 5.41) is 11.2. The molecule has 6 nitrogen and oxygen atoms in total. The number of primary amides is 1. The van der Waals surface area contributed by atoms with Crippen LogP contribution in [0.5, 0.6) is 0 Å². The van der Waals surface area contributed by atoms with Crippen LogP contribution in [0.3, 0.4) is 0 Å². The number of carbonyl (C=O) groups is 3. The Hall–Kier alpha value is -2.34. The van der Waals surface area contributed by atoms with Gasteiger partial charge in [0.15, 0.2) is 0 Å². The molecule has 0 bridgehead atoms. The zero-order chi connectivity index (χ0) is 15.3. The van der Waals surface area contributed by atoms with E-state index < -0.39 is 23.8 Å². The second-order valence-corrected chi connectivity index (χ2v) is 4.41. The van der Waals surface area contributed by atoms with Crippen molar-refractivity contribution in [1.82, 2.24) is 5.32 Å². The molecule has 0 fully saturated rings. The first kappa shape index (κ1) is 15.7. The molecular formula is C13H13ClN2O4. The summed E-state index contributed by atoms with van der Waals surface area (Å²) in [5.74, 6) is -2.24. The average Bonchev–Trinajstić information content (AvgIpc) is 2.36. The van der Waals surface area contributed by atoms with Gasteiger partial charge in [0.05, 0.1) is 0 Å². The Bertz CT molecular complexity index is 584. The summed E-state index contributed by atoms with van der Waals surface area (Å²) >= 11 is 5.94. The maximum atomic E-state index is 11.8. The molecule has 1 aromatic carbocycles. The van der Waals surface area contributed by atoms with Crippen LogP contribution in [-0.2, 0) is 9.59 Å². The number of hydrogen-bond acceptors (Lipinski definition) is 3. The fourth-order valence-corrected chi connectivity index (χ4v) is 1.56. The minimum Gasteiger partial charge on any atom is -0.478 e. The zero-order valence-corrected chi connectivity index (χ0v) is 11.3. The Balaban J connectivity index is 2.89. The smallest absolute Gasteiger partial charge is 0.328 e. The lowest BCUT2D eigenvalue weighted by atomic mass is 10.1. The van der Waals surface area contributed by atoms with Crippen molar-refractivity contribution in [3.63, 3.8) is 0 Å². The Morgan fingerprint density at radius 1 is 1.40 bits per heavy atom. The SMILES string of the molecule is CC(NC(=O)c1ccc(/C=C/C(=O)O)c(Cl)c1)C(N)=O. The van der Waals surface area contributed by atoms with Crippen LogP contribution in [0.4, 0.5) is 0 Å². The fourth-order valence-electron chi connectivity index (χ4n) is 1.32. The van der Waals surface area contributed by atoms with Gasteiger partial charge in [-0.05, 0) is 30.7 Å². The first-order chi connectivity index (χ1) is 9.31. The first-order valence-corrected chi connectivity index (χ1v) is 6.00. The van der Waals surface area contributed by atoms with Crippen LogP contribution < -0.4 is 11.1 Å². The van der Waals surface area contributed by atoms with Crippen molar-refractivity contribution in [2.24, 2.45) is 5.73 Å². The standard InChI is InChI=1S/C13H13ClN2O4/c1-7(12(15)19)16-13(20)9-3-2-8(10(14)6-9)4-5-11(17)18/h2-7H,1H3,(H2,15,19)(H,16,20)(H,17,18)/b5-4+. The molecule has 1 aromatic rings. The number of nitrogens with two attached hydrogens (primary N) is 1. The molecule has 0 spiro atoms. The Morgan fingerprint density at radius 2 is 2.05 bits per heavy atom. The summed E-state index contributed by atoms with van der Waals surface area (Å²) < 4.78 is 0. The molecule has 1 atom stereocenters. The van der Waals surface area contributed by atoms with Crippen LogP contribution in [0, 0.1) is 0 Å². The quantitative estimate of drug-likeness (QED) is 0.705. The topological polar surface area (TPSA) is 109 Å². The largest absolute Gasteiger partial charge is 0.478 e. The molecule has 1 rings (SSSR count). The third-order valence-corrected chi connectivity index (χ3v) is 2.77. The van der Waals surface area contributed by atoms with E-state index in [-0.39, 0.29) is 10.6 Å². The van der Waals surface area contributed by atoms with Crippen molar-refractivity contribution in [3.8, 4) is 0 Å². The molecule has 106 valence electrons. The minimum atomic E-state index is -1.10. The van der Waals surface area contributed by atoms with Crippen molar-refractivity contribution < 1.29 is 19.5 Å². The summed E-state index contributed by atoms with van der Waals surface area (Å²) in [7, 11) is 0.